The number of Topliss-reactive ketones (excluding diaryl/α,β-unsaturated/α-hetero) is 1. The number of hydrogen-bond donors (Lipinski definition) is 0. The van der Waals surface area contributed by atoms with Crippen molar-refractivity contribution >= 4 is 128 Å². The Morgan fingerprint density at radius 3 is 1.63 bits per heavy atom. The summed E-state index contributed by atoms with van der Waals surface area (Å²) in [5.74, 6) is -0.146. The van der Waals surface area contributed by atoms with Gasteiger partial charge in [-0.2, -0.15) is 0 Å². The van der Waals surface area contributed by atoms with Gasteiger partial charge in [-0.25, -0.2) is 4.98 Å². The first-order chi connectivity index (χ1) is 24.4. The zero-order valence-electron chi connectivity index (χ0n) is 28.9. The van der Waals surface area contributed by atoms with E-state index in [1.54, 1.807) is 16.5 Å². The Balaban J connectivity index is 0.000000357. The first-order valence-corrected chi connectivity index (χ1v) is 18.1. The molecule has 51 heavy (non-hydrogen) atoms. The van der Waals surface area contributed by atoms with Crippen molar-refractivity contribution in [3.05, 3.63) is 132 Å². The molecule has 0 bridgehead atoms. The summed E-state index contributed by atoms with van der Waals surface area (Å²) in [6, 6.07) is 22.9. The fraction of sp³-hybridized carbons (Fsp3) is 0.140. The number of rotatable bonds is 2. The standard InChI is InChI=1S/C33H16Cl4N2O2.C8H10.C2H6/c1-12(2)14-8-18(34)26-28-20(36)10-16-25-17(33(41)39-23-7-5-4-6-22(23)38-32(16)39)11-21(37)29(31(25)28)27-19(35)9-15(13(3)40)24(14)30(26)27;1-7-5-3-4-6-8(7)2;1-2/h4-11H,1H2,2-3H3;3-6H,1-2H3;1-2H3. The van der Waals surface area contributed by atoms with Crippen LogP contribution in [-0.4, -0.2) is 15.2 Å². The molecule has 0 aliphatic heterocycles. The lowest BCUT2D eigenvalue weighted by Gasteiger charge is -2.22. The summed E-state index contributed by atoms with van der Waals surface area (Å²) in [7, 11) is 0. The van der Waals surface area contributed by atoms with Crippen molar-refractivity contribution in [2.75, 3.05) is 0 Å². The predicted molar refractivity (Wildman–Crippen MR) is 221 cm³/mol. The summed E-state index contributed by atoms with van der Waals surface area (Å²) >= 11 is 28.3. The molecule has 4 nitrogen and oxygen atoms in total. The maximum absolute atomic E-state index is 14.1. The SMILES string of the molecule is C=C(C)c1cc(Cl)c2c3c(Cl)cc4c5c(cc(Cl)c(c6c(Cl)cc(C(C)=O)c1c62)c35)c(=O)n1c2ccccc2nc41.CC.Cc1ccccc1C. The van der Waals surface area contributed by atoms with Crippen LogP contribution in [0.3, 0.4) is 0 Å². The van der Waals surface area contributed by atoms with Crippen molar-refractivity contribution < 1.29 is 4.79 Å². The van der Waals surface area contributed by atoms with E-state index in [-0.39, 0.29) is 11.3 Å². The van der Waals surface area contributed by atoms with Gasteiger partial charge in [0.05, 0.1) is 16.4 Å². The molecule has 0 fully saturated rings. The Kier molecular flexibility index (Phi) is 8.88. The highest BCUT2D eigenvalue weighted by Gasteiger charge is 2.28. The number of nitrogens with zero attached hydrogens (tertiary/aromatic N) is 2. The number of ketones is 1. The number of aromatic nitrogens is 2. The Bertz CT molecular complexity index is 2890. The number of carbonyl (C=O) groups excluding carboxylic acids is 1. The third-order valence-electron chi connectivity index (χ3n) is 9.62. The second-order valence-electron chi connectivity index (χ2n) is 12.6. The maximum atomic E-state index is 14.1. The summed E-state index contributed by atoms with van der Waals surface area (Å²) in [6.45, 7) is 15.8. The molecular formula is C43H32Cl4N2O2. The molecule has 2 aromatic heterocycles. The van der Waals surface area contributed by atoms with E-state index >= 15 is 0 Å². The minimum Gasteiger partial charge on any atom is -0.294 e. The van der Waals surface area contributed by atoms with Gasteiger partial charge in [0.15, 0.2) is 5.78 Å². The van der Waals surface area contributed by atoms with Crippen LogP contribution in [0.1, 0.15) is 54.7 Å². The molecule has 7 aromatic carbocycles. The summed E-state index contributed by atoms with van der Waals surface area (Å²) in [5, 5.41) is 7.93. The van der Waals surface area contributed by atoms with E-state index in [2.05, 4.69) is 44.7 Å². The van der Waals surface area contributed by atoms with Crippen LogP contribution in [0, 0.1) is 13.8 Å². The number of imidazole rings is 1. The molecule has 0 aliphatic carbocycles. The number of halogens is 4. The number of allylic oxidation sites excluding steroid dienone is 1. The molecule has 0 unspecified atom stereocenters. The molecule has 2 heterocycles. The Labute approximate surface area is 314 Å². The molecule has 0 N–H and O–H groups in total. The zero-order valence-corrected chi connectivity index (χ0v) is 31.9. The number of hydrogen-bond acceptors (Lipinski definition) is 3. The zero-order chi connectivity index (χ0) is 36.6. The van der Waals surface area contributed by atoms with E-state index in [1.807, 2.05) is 57.2 Å². The first kappa shape index (κ1) is 35.0. The van der Waals surface area contributed by atoms with Crippen LogP contribution >= 0.6 is 46.4 Å². The molecule has 0 saturated carbocycles. The van der Waals surface area contributed by atoms with Crippen LogP contribution in [-0.2, 0) is 0 Å². The monoisotopic (exact) mass is 748 g/mol. The van der Waals surface area contributed by atoms with Gasteiger partial charge in [0.1, 0.15) is 5.65 Å². The normalized spacial score (nSPS) is 11.6. The van der Waals surface area contributed by atoms with Crippen molar-refractivity contribution in [1.29, 1.82) is 0 Å². The molecule has 0 aliphatic rings. The van der Waals surface area contributed by atoms with E-state index in [0.717, 1.165) is 11.1 Å². The van der Waals surface area contributed by atoms with Gasteiger partial charge in [-0.05, 0) is 80.8 Å². The Hall–Kier alpha value is -4.45. The number of aryl methyl sites for hydroxylation is 2. The van der Waals surface area contributed by atoms with Crippen LogP contribution in [0.25, 0.3) is 76.1 Å². The second kappa shape index (κ2) is 13.0. The van der Waals surface area contributed by atoms with Crippen LogP contribution in [0.2, 0.25) is 20.1 Å². The summed E-state index contributed by atoms with van der Waals surface area (Å²) in [4.78, 5) is 31.8. The van der Waals surface area contributed by atoms with Crippen LogP contribution < -0.4 is 5.56 Å². The topological polar surface area (TPSA) is 51.4 Å². The van der Waals surface area contributed by atoms with Gasteiger partial charge in [0.25, 0.3) is 5.56 Å². The second-order valence-corrected chi connectivity index (χ2v) is 14.2. The molecule has 0 amide bonds. The van der Waals surface area contributed by atoms with E-state index in [0.29, 0.717) is 96.2 Å². The van der Waals surface area contributed by atoms with Crippen molar-refractivity contribution in [3.63, 3.8) is 0 Å². The molecule has 0 atom stereocenters. The molecule has 254 valence electrons. The minimum absolute atomic E-state index is 0.146. The highest BCUT2D eigenvalue weighted by Crippen LogP contribution is 2.53. The van der Waals surface area contributed by atoms with Crippen LogP contribution in [0.15, 0.2) is 84.2 Å². The van der Waals surface area contributed by atoms with Crippen molar-refractivity contribution in [2.24, 2.45) is 0 Å². The molecule has 0 spiro atoms. The van der Waals surface area contributed by atoms with E-state index in [9.17, 15) is 9.59 Å². The Morgan fingerprint density at radius 2 is 1.10 bits per heavy atom. The van der Waals surface area contributed by atoms with Gasteiger partial charge >= 0.3 is 0 Å². The average molecular weight is 751 g/mol. The largest absolute Gasteiger partial charge is 0.294 e. The van der Waals surface area contributed by atoms with Crippen molar-refractivity contribution in [2.45, 2.75) is 41.5 Å². The third-order valence-corrected chi connectivity index (χ3v) is 10.8. The van der Waals surface area contributed by atoms with E-state index < -0.39 is 0 Å². The lowest BCUT2D eigenvalue weighted by molar-refractivity contribution is 0.101. The van der Waals surface area contributed by atoms with Crippen LogP contribution in [0.4, 0.5) is 0 Å². The van der Waals surface area contributed by atoms with Gasteiger partial charge in [-0.1, -0.05) is 109 Å². The van der Waals surface area contributed by atoms with Crippen molar-refractivity contribution in [1.82, 2.24) is 9.38 Å². The third kappa shape index (κ3) is 5.15. The lowest BCUT2D eigenvalue weighted by Crippen LogP contribution is -2.13. The van der Waals surface area contributed by atoms with Crippen molar-refractivity contribution in [3.8, 4) is 0 Å². The molecule has 0 saturated heterocycles. The van der Waals surface area contributed by atoms with Crippen LogP contribution in [0.5, 0.6) is 0 Å². The quantitative estimate of drug-likeness (QED) is 0.100. The summed E-state index contributed by atoms with van der Waals surface area (Å²) < 4.78 is 1.61. The van der Waals surface area contributed by atoms with Gasteiger partial charge in [-0.15, -0.1) is 0 Å². The molecule has 9 aromatic rings. The van der Waals surface area contributed by atoms with Gasteiger partial charge in [0, 0.05) is 74.1 Å². The maximum Gasteiger partial charge on any atom is 0.264 e. The predicted octanol–water partition coefficient (Wildman–Crippen LogP) is 13.7. The number of para-hydroxylation sites is 2. The van der Waals surface area contributed by atoms with Gasteiger partial charge < -0.3 is 0 Å². The smallest absolute Gasteiger partial charge is 0.264 e. The molecule has 8 heteroatoms. The molecule has 0 radical (unpaired) electrons. The highest BCUT2D eigenvalue weighted by molar-refractivity contribution is 6.55. The number of carbonyl (C=O) groups is 1. The Morgan fingerprint density at radius 1 is 0.627 bits per heavy atom. The lowest BCUT2D eigenvalue weighted by atomic mass is 9.83. The molecular weight excluding hydrogens is 718 g/mol. The van der Waals surface area contributed by atoms with E-state index in [4.69, 9.17) is 51.4 Å². The average Bonchev–Trinajstić information content (AvgIpc) is 3.50. The number of fused-ring (bicyclic) bond motifs is 6. The van der Waals surface area contributed by atoms with E-state index in [1.165, 1.54) is 18.1 Å². The molecule has 9 rings (SSSR count). The van der Waals surface area contributed by atoms with Gasteiger partial charge in [0.2, 0.25) is 0 Å². The number of benzene rings is 7. The summed E-state index contributed by atoms with van der Waals surface area (Å²) in [6.07, 6.45) is 0. The number of pyridine rings is 1. The fourth-order valence-corrected chi connectivity index (χ4v) is 8.47. The summed E-state index contributed by atoms with van der Waals surface area (Å²) in [5.41, 5.74) is 6.33. The van der Waals surface area contributed by atoms with Gasteiger partial charge in [-0.3, -0.25) is 14.0 Å². The minimum atomic E-state index is -0.236. The fourth-order valence-electron chi connectivity index (χ4n) is 7.27. The highest BCUT2D eigenvalue weighted by atomic mass is 35.5. The first-order valence-electron chi connectivity index (χ1n) is 16.6.